The smallest absolute Gasteiger partial charge is 0.324 e. The lowest BCUT2D eigenvalue weighted by Crippen LogP contribution is -2.74. The molecule has 1 aromatic heterocycles. The molecule has 2 aromatic rings. The minimum absolute atomic E-state index is 0.00266. The van der Waals surface area contributed by atoms with Crippen LogP contribution in [0.4, 0.5) is 25.1 Å². The molecule has 5 rings (SSSR count). The summed E-state index contributed by atoms with van der Waals surface area (Å²) in [5.74, 6) is -1.00. The number of rotatable bonds is 1. The summed E-state index contributed by atoms with van der Waals surface area (Å²) in [6.07, 6.45) is 0. The lowest BCUT2D eigenvalue weighted by Gasteiger charge is -2.60. The Labute approximate surface area is 165 Å². The van der Waals surface area contributed by atoms with E-state index in [1.54, 1.807) is 28.0 Å². The number of anilines is 2. The number of benzene rings is 1. The fourth-order valence-corrected chi connectivity index (χ4v) is 4.33. The summed E-state index contributed by atoms with van der Waals surface area (Å²) in [7, 11) is 0. The average molecular weight is 407 g/mol. The average Bonchev–Trinajstić information content (AvgIpc) is 2.61. The van der Waals surface area contributed by atoms with Gasteiger partial charge in [-0.15, -0.1) is 0 Å². The fraction of sp³-hybridized carbons (Fsp3) is 0.368. The Bertz CT molecular complexity index is 959. The van der Waals surface area contributed by atoms with Crippen molar-refractivity contribution in [1.82, 2.24) is 9.88 Å². The van der Waals surface area contributed by atoms with E-state index in [2.05, 4.69) is 4.98 Å². The van der Waals surface area contributed by atoms with Crippen LogP contribution in [0.5, 0.6) is 5.75 Å². The van der Waals surface area contributed by atoms with Crippen molar-refractivity contribution in [2.75, 3.05) is 49.1 Å². The Hall–Kier alpha value is -2.61. The molecule has 146 valence electrons. The van der Waals surface area contributed by atoms with Gasteiger partial charge in [-0.2, -0.15) is 9.37 Å². The number of hydrogen-bond donors (Lipinski definition) is 0. The second-order valence-corrected chi connectivity index (χ2v) is 7.99. The molecule has 0 radical (unpaired) electrons. The molecule has 4 heterocycles. The highest BCUT2D eigenvalue weighted by atomic mass is 35.5. The number of ether oxygens (including phenoxy) is 1. The molecule has 0 aliphatic carbocycles. The van der Waals surface area contributed by atoms with Gasteiger partial charge in [0.2, 0.25) is 0 Å². The predicted octanol–water partition coefficient (Wildman–Crippen LogP) is 3.15. The standard InChI is InChI=1S/C19H17ClF2N4O2/c20-12-1-3-14-15(7-12)28-6-5-26(14)18(27)25-10-19(11-25)8-24(9-19)16-4-2-13(21)17(22)23-16/h1-4,7H,5-6,8-11H2. The molecule has 0 bridgehead atoms. The van der Waals surface area contributed by atoms with Crippen LogP contribution in [0, 0.1) is 17.2 Å². The molecular formula is C19H17ClF2N4O2. The molecule has 3 aliphatic rings. The van der Waals surface area contributed by atoms with E-state index in [1.807, 2.05) is 4.90 Å². The molecule has 9 heteroatoms. The number of nitrogens with zero attached hydrogens (tertiary/aromatic N) is 4. The SMILES string of the molecule is O=C(N1CC2(C1)CN(c1ccc(F)c(F)n1)C2)N1CCOc2cc(Cl)ccc21. The van der Waals surface area contributed by atoms with Gasteiger partial charge in [0.15, 0.2) is 5.82 Å². The molecular weight excluding hydrogens is 390 g/mol. The monoisotopic (exact) mass is 406 g/mol. The van der Waals surface area contributed by atoms with Gasteiger partial charge in [0, 0.05) is 42.7 Å². The Balaban J connectivity index is 1.22. The fourth-order valence-electron chi connectivity index (χ4n) is 4.17. The molecule has 2 saturated heterocycles. The third kappa shape index (κ3) is 2.74. The summed E-state index contributed by atoms with van der Waals surface area (Å²) in [6, 6.07) is 7.76. The van der Waals surface area contributed by atoms with Crippen molar-refractivity contribution < 1.29 is 18.3 Å². The van der Waals surface area contributed by atoms with Gasteiger partial charge in [0.05, 0.1) is 12.2 Å². The summed E-state index contributed by atoms with van der Waals surface area (Å²) in [4.78, 5) is 22.0. The summed E-state index contributed by atoms with van der Waals surface area (Å²) >= 11 is 6.00. The summed E-state index contributed by atoms with van der Waals surface area (Å²) in [6.45, 7) is 3.52. The lowest BCUT2D eigenvalue weighted by atomic mass is 9.73. The molecule has 0 atom stereocenters. The first kappa shape index (κ1) is 17.5. The van der Waals surface area contributed by atoms with Crippen LogP contribution in [0.2, 0.25) is 5.02 Å². The van der Waals surface area contributed by atoms with E-state index < -0.39 is 11.8 Å². The number of hydrogen-bond acceptors (Lipinski definition) is 4. The quantitative estimate of drug-likeness (QED) is 0.683. The van der Waals surface area contributed by atoms with Crippen molar-refractivity contribution in [2.45, 2.75) is 0 Å². The highest BCUT2D eigenvalue weighted by Crippen LogP contribution is 2.43. The zero-order valence-corrected chi connectivity index (χ0v) is 15.6. The second-order valence-electron chi connectivity index (χ2n) is 7.55. The van der Waals surface area contributed by atoms with Gasteiger partial charge >= 0.3 is 6.03 Å². The van der Waals surface area contributed by atoms with Crippen LogP contribution in [0.1, 0.15) is 0 Å². The number of pyridine rings is 1. The van der Waals surface area contributed by atoms with Crippen molar-refractivity contribution in [1.29, 1.82) is 0 Å². The summed E-state index contributed by atoms with van der Waals surface area (Å²) in [5.41, 5.74) is 0.722. The zero-order chi connectivity index (χ0) is 19.5. The van der Waals surface area contributed by atoms with E-state index in [4.69, 9.17) is 16.3 Å². The Kier molecular flexibility index (Phi) is 3.87. The topological polar surface area (TPSA) is 48.9 Å². The van der Waals surface area contributed by atoms with E-state index in [0.717, 1.165) is 11.8 Å². The van der Waals surface area contributed by atoms with E-state index in [9.17, 15) is 13.6 Å². The van der Waals surface area contributed by atoms with Crippen LogP contribution < -0.4 is 14.5 Å². The number of fused-ring (bicyclic) bond motifs is 1. The van der Waals surface area contributed by atoms with Gasteiger partial charge in [-0.1, -0.05) is 11.6 Å². The summed E-state index contributed by atoms with van der Waals surface area (Å²) < 4.78 is 32.0. The van der Waals surface area contributed by atoms with Gasteiger partial charge in [-0.3, -0.25) is 4.90 Å². The van der Waals surface area contributed by atoms with Crippen LogP contribution in [-0.4, -0.2) is 55.2 Å². The highest BCUT2D eigenvalue weighted by molar-refractivity contribution is 6.30. The maximum absolute atomic E-state index is 13.3. The van der Waals surface area contributed by atoms with Gasteiger partial charge in [-0.05, 0) is 24.3 Å². The Morgan fingerprint density at radius 1 is 1.14 bits per heavy atom. The first-order valence-electron chi connectivity index (χ1n) is 9.00. The highest BCUT2D eigenvalue weighted by Gasteiger charge is 2.54. The van der Waals surface area contributed by atoms with E-state index in [-0.39, 0.29) is 11.4 Å². The van der Waals surface area contributed by atoms with Crippen molar-refractivity contribution in [3.63, 3.8) is 0 Å². The van der Waals surface area contributed by atoms with Gasteiger partial charge in [0.25, 0.3) is 5.95 Å². The molecule has 3 aliphatic heterocycles. The molecule has 2 amide bonds. The minimum atomic E-state index is -1.09. The summed E-state index contributed by atoms with van der Waals surface area (Å²) in [5, 5.41) is 0.566. The van der Waals surface area contributed by atoms with Crippen LogP contribution in [0.3, 0.4) is 0 Å². The molecule has 0 unspecified atom stereocenters. The first-order valence-corrected chi connectivity index (χ1v) is 9.38. The normalized spacial score (nSPS) is 19.6. The number of aromatic nitrogens is 1. The molecule has 1 aromatic carbocycles. The van der Waals surface area contributed by atoms with Gasteiger partial charge in [-0.25, -0.2) is 9.18 Å². The number of likely N-dealkylation sites (tertiary alicyclic amines) is 1. The van der Waals surface area contributed by atoms with Crippen molar-refractivity contribution in [3.05, 3.63) is 47.1 Å². The maximum atomic E-state index is 13.3. The number of carbonyl (C=O) groups is 1. The predicted molar refractivity (Wildman–Crippen MR) is 100 cm³/mol. The number of urea groups is 1. The maximum Gasteiger partial charge on any atom is 0.324 e. The number of amides is 2. The van der Waals surface area contributed by atoms with E-state index in [0.29, 0.717) is 55.9 Å². The second kappa shape index (κ2) is 6.20. The number of carbonyl (C=O) groups excluding carboxylic acids is 1. The van der Waals surface area contributed by atoms with Crippen LogP contribution in [0.15, 0.2) is 30.3 Å². The Morgan fingerprint density at radius 2 is 1.93 bits per heavy atom. The lowest BCUT2D eigenvalue weighted by molar-refractivity contribution is 0.00920. The van der Waals surface area contributed by atoms with Gasteiger partial charge in [0.1, 0.15) is 18.2 Å². The molecule has 6 nitrogen and oxygen atoms in total. The van der Waals surface area contributed by atoms with Crippen molar-refractivity contribution in [2.24, 2.45) is 5.41 Å². The van der Waals surface area contributed by atoms with Crippen molar-refractivity contribution in [3.8, 4) is 5.75 Å². The van der Waals surface area contributed by atoms with Crippen molar-refractivity contribution >= 4 is 29.1 Å². The van der Waals surface area contributed by atoms with Gasteiger partial charge < -0.3 is 14.5 Å². The molecule has 0 N–H and O–H groups in total. The third-order valence-corrected chi connectivity index (χ3v) is 5.74. The van der Waals surface area contributed by atoms with Crippen LogP contribution in [-0.2, 0) is 0 Å². The van der Waals surface area contributed by atoms with Crippen LogP contribution >= 0.6 is 11.6 Å². The largest absolute Gasteiger partial charge is 0.489 e. The molecule has 1 spiro atoms. The molecule has 2 fully saturated rings. The van der Waals surface area contributed by atoms with E-state index in [1.165, 1.54) is 6.07 Å². The minimum Gasteiger partial charge on any atom is -0.489 e. The number of halogens is 3. The molecule has 28 heavy (non-hydrogen) atoms. The first-order chi connectivity index (χ1) is 13.4. The third-order valence-electron chi connectivity index (χ3n) is 5.50. The van der Waals surface area contributed by atoms with E-state index >= 15 is 0 Å². The Morgan fingerprint density at radius 3 is 2.68 bits per heavy atom. The zero-order valence-electron chi connectivity index (χ0n) is 14.9. The van der Waals surface area contributed by atoms with Crippen LogP contribution in [0.25, 0.3) is 0 Å². The molecule has 0 saturated carbocycles.